The minimum atomic E-state index is 0.250. The van der Waals surface area contributed by atoms with Crippen molar-refractivity contribution in [1.82, 2.24) is 25.2 Å². The van der Waals surface area contributed by atoms with E-state index in [1.54, 1.807) is 17.3 Å². The van der Waals surface area contributed by atoms with Crippen LogP contribution in [-0.2, 0) is 13.1 Å². The van der Waals surface area contributed by atoms with Crippen LogP contribution in [0.4, 0.5) is 0 Å². The molecule has 1 N–H and O–H groups in total. The highest BCUT2D eigenvalue weighted by Crippen LogP contribution is 2.20. The molecule has 0 spiro atoms. The van der Waals surface area contributed by atoms with E-state index in [0.29, 0.717) is 18.1 Å². The second-order valence-corrected chi connectivity index (χ2v) is 4.56. The molecule has 0 radical (unpaired) electrons. The summed E-state index contributed by atoms with van der Waals surface area (Å²) in [4.78, 5) is 3.91. The van der Waals surface area contributed by atoms with Crippen LogP contribution in [0.25, 0.3) is 11.5 Å². The number of hydrogen-bond donors (Lipinski definition) is 1. The summed E-state index contributed by atoms with van der Waals surface area (Å²) < 4.78 is 12.3. The molecule has 0 saturated heterocycles. The average Bonchev–Trinajstić information content (AvgIpc) is 3.18. The molecule has 3 aromatic heterocycles. The maximum absolute atomic E-state index is 5.26. The molecule has 3 rings (SSSR count). The zero-order valence-electron chi connectivity index (χ0n) is 11.1. The van der Waals surface area contributed by atoms with Gasteiger partial charge in [0.2, 0.25) is 5.76 Å². The van der Waals surface area contributed by atoms with E-state index in [4.69, 9.17) is 8.94 Å². The zero-order chi connectivity index (χ0) is 13.8. The summed E-state index contributed by atoms with van der Waals surface area (Å²) in [5, 5.41) is 11.4. The normalized spacial score (nSPS) is 12.7. The molecule has 7 nitrogen and oxygen atoms in total. The van der Waals surface area contributed by atoms with Crippen molar-refractivity contribution in [3.05, 3.63) is 42.8 Å². The molecule has 20 heavy (non-hydrogen) atoms. The molecule has 0 fully saturated rings. The number of aromatic nitrogens is 4. The van der Waals surface area contributed by atoms with Crippen molar-refractivity contribution in [2.75, 3.05) is 0 Å². The van der Waals surface area contributed by atoms with Crippen LogP contribution in [0.2, 0.25) is 0 Å². The number of rotatable bonds is 6. The van der Waals surface area contributed by atoms with Crippen LogP contribution in [0.3, 0.4) is 0 Å². The third-order valence-electron chi connectivity index (χ3n) is 2.88. The fourth-order valence-corrected chi connectivity index (χ4v) is 1.88. The maximum Gasteiger partial charge on any atom is 0.202 e. The van der Waals surface area contributed by atoms with E-state index in [0.717, 1.165) is 12.2 Å². The summed E-state index contributed by atoms with van der Waals surface area (Å²) in [6.45, 7) is 3.46. The molecule has 0 aliphatic rings. The van der Waals surface area contributed by atoms with Crippen LogP contribution in [-0.4, -0.2) is 26.0 Å². The van der Waals surface area contributed by atoms with Crippen molar-refractivity contribution in [3.8, 4) is 11.5 Å². The third-order valence-corrected chi connectivity index (χ3v) is 2.88. The Bertz CT molecular complexity index is 630. The van der Waals surface area contributed by atoms with Crippen molar-refractivity contribution >= 4 is 0 Å². The highest BCUT2D eigenvalue weighted by molar-refractivity contribution is 5.49. The SMILES string of the molecule is CC(Cn1cncn1)NCc1cc(-c2ccco2)on1. The fraction of sp³-hybridized carbons (Fsp3) is 0.308. The van der Waals surface area contributed by atoms with Gasteiger partial charge in [-0.1, -0.05) is 5.16 Å². The molecule has 0 bridgehead atoms. The fourth-order valence-electron chi connectivity index (χ4n) is 1.88. The maximum atomic E-state index is 5.26. The molecule has 0 aliphatic carbocycles. The van der Waals surface area contributed by atoms with Gasteiger partial charge in [-0.05, 0) is 19.1 Å². The monoisotopic (exact) mass is 273 g/mol. The lowest BCUT2D eigenvalue weighted by Gasteiger charge is -2.11. The van der Waals surface area contributed by atoms with Gasteiger partial charge in [-0.3, -0.25) is 4.68 Å². The van der Waals surface area contributed by atoms with Crippen LogP contribution in [0.5, 0.6) is 0 Å². The summed E-state index contributed by atoms with van der Waals surface area (Å²) in [6, 6.07) is 5.77. The number of nitrogens with zero attached hydrogens (tertiary/aromatic N) is 4. The molecular formula is C13H15N5O2. The van der Waals surface area contributed by atoms with Gasteiger partial charge < -0.3 is 14.3 Å². The highest BCUT2D eigenvalue weighted by atomic mass is 16.5. The minimum Gasteiger partial charge on any atom is -0.461 e. The van der Waals surface area contributed by atoms with Gasteiger partial charge >= 0.3 is 0 Å². The molecule has 1 atom stereocenters. The molecular weight excluding hydrogens is 258 g/mol. The Morgan fingerprint density at radius 2 is 2.35 bits per heavy atom. The second kappa shape index (κ2) is 5.70. The van der Waals surface area contributed by atoms with E-state index in [9.17, 15) is 0 Å². The first-order chi connectivity index (χ1) is 9.81. The smallest absolute Gasteiger partial charge is 0.202 e. The van der Waals surface area contributed by atoms with E-state index in [-0.39, 0.29) is 6.04 Å². The predicted molar refractivity (Wildman–Crippen MR) is 70.5 cm³/mol. The standard InChI is InChI=1S/C13H15N5O2/c1-10(7-18-9-14-8-16-18)15-6-11-5-13(20-17-11)12-3-2-4-19-12/h2-5,8-10,15H,6-7H2,1H3. The summed E-state index contributed by atoms with van der Waals surface area (Å²) in [5.74, 6) is 1.31. The first kappa shape index (κ1) is 12.6. The lowest BCUT2D eigenvalue weighted by atomic mass is 10.3. The van der Waals surface area contributed by atoms with Crippen LogP contribution in [0.15, 0.2) is 46.1 Å². The average molecular weight is 273 g/mol. The number of nitrogens with one attached hydrogen (secondary N) is 1. The van der Waals surface area contributed by atoms with Crippen molar-refractivity contribution in [2.24, 2.45) is 0 Å². The molecule has 7 heteroatoms. The Morgan fingerprint density at radius 1 is 1.40 bits per heavy atom. The summed E-state index contributed by atoms with van der Waals surface area (Å²) in [7, 11) is 0. The molecule has 104 valence electrons. The van der Waals surface area contributed by atoms with Crippen LogP contribution < -0.4 is 5.32 Å². The van der Waals surface area contributed by atoms with Gasteiger partial charge in [0, 0.05) is 18.7 Å². The van der Waals surface area contributed by atoms with Crippen molar-refractivity contribution in [2.45, 2.75) is 26.1 Å². The Hall–Kier alpha value is -2.41. The molecule has 3 aromatic rings. The second-order valence-electron chi connectivity index (χ2n) is 4.56. The molecule has 1 unspecified atom stereocenters. The van der Waals surface area contributed by atoms with Crippen molar-refractivity contribution in [3.63, 3.8) is 0 Å². The van der Waals surface area contributed by atoms with Crippen molar-refractivity contribution in [1.29, 1.82) is 0 Å². The van der Waals surface area contributed by atoms with Gasteiger partial charge in [0.05, 0.1) is 18.5 Å². The van der Waals surface area contributed by atoms with E-state index >= 15 is 0 Å². The van der Waals surface area contributed by atoms with Gasteiger partial charge in [0.25, 0.3) is 0 Å². The quantitative estimate of drug-likeness (QED) is 0.736. The van der Waals surface area contributed by atoms with Gasteiger partial charge in [-0.15, -0.1) is 0 Å². The summed E-state index contributed by atoms with van der Waals surface area (Å²) >= 11 is 0. The number of furan rings is 1. The Balaban J connectivity index is 1.53. The Morgan fingerprint density at radius 3 is 3.10 bits per heavy atom. The topological polar surface area (TPSA) is 81.9 Å². The Labute approximate surface area is 115 Å². The first-order valence-corrected chi connectivity index (χ1v) is 6.36. The lowest BCUT2D eigenvalue weighted by molar-refractivity contribution is 0.398. The van der Waals surface area contributed by atoms with Crippen LogP contribution in [0.1, 0.15) is 12.6 Å². The van der Waals surface area contributed by atoms with Gasteiger partial charge in [0.1, 0.15) is 12.7 Å². The van der Waals surface area contributed by atoms with Gasteiger partial charge in [0.15, 0.2) is 5.76 Å². The zero-order valence-corrected chi connectivity index (χ0v) is 11.1. The molecule has 0 aliphatic heterocycles. The number of hydrogen-bond acceptors (Lipinski definition) is 6. The summed E-state index contributed by atoms with van der Waals surface area (Å²) in [6.07, 6.45) is 4.83. The van der Waals surface area contributed by atoms with E-state index < -0.39 is 0 Å². The third kappa shape index (κ3) is 2.94. The van der Waals surface area contributed by atoms with E-state index in [1.807, 2.05) is 18.2 Å². The molecule has 0 saturated carbocycles. The molecule has 3 heterocycles. The molecule has 0 aromatic carbocycles. The van der Waals surface area contributed by atoms with Crippen molar-refractivity contribution < 1.29 is 8.94 Å². The summed E-state index contributed by atoms with van der Waals surface area (Å²) in [5.41, 5.74) is 0.835. The lowest BCUT2D eigenvalue weighted by Crippen LogP contribution is -2.30. The molecule has 0 amide bonds. The first-order valence-electron chi connectivity index (χ1n) is 6.36. The minimum absolute atomic E-state index is 0.250. The largest absolute Gasteiger partial charge is 0.461 e. The van der Waals surface area contributed by atoms with E-state index in [2.05, 4.69) is 27.5 Å². The van der Waals surface area contributed by atoms with Gasteiger partial charge in [-0.25, -0.2) is 4.98 Å². The van der Waals surface area contributed by atoms with Gasteiger partial charge in [-0.2, -0.15) is 5.10 Å². The van der Waals surface area contributed by atoms with Crippen LogP contribution >= 0.6 is 0 Å². The van der Waals surface area contributed by atoms with Crippen LogP contribution in [0, 0.1) is 0 Å². The highest BCUT2D eigenvalue weighted by Gasteiger charge is 2.10. The van der Waals surface area contributed by atoms with E-state index in [1.165, 1.54) is 6.33 Å². The Kier molecular flexibility index (Phi) is 3.60. The predicted octanol–water partition coefficient (Wildman–Crippen LogP) is 1.70.